The molecule has 0 unspecified atom stereocenters. The number of methoxy groups -OCH3 is 1. The summed E-state index contributed by atoms with van der Waals surface area (Å²) in [5, 5.41) is 6.61. The lowest BCUT2D eigenvalue weighted by Crippen LogP contribution is -2.32. The van der Waals surface area contributed by atoms with Crippen molar-refractivity contribution in [1.29, 1.82) is 0 Å². The fraction of sp³-hybridized carbons (Fsp3) is 0.333. The van der Waals surface area contributed by atoms with Gasteiger partial charge in [0.05, 0.1) is 12.3 Å². The van der Waals surface area contributed by atoms with E-state index in [0.29, 0.717) is 19.2 Å². The highest BCUT2D eigenvalue weighted by atomic mass is 127. The molecule has 0 aliphatic rings. The molecule has 29 heavy (non-hydrogen) atoms. The maximum Gasteiger partial charge on any atom is 0.195 e. The predicted molar refractivity (Wildman–Crippen MR) is 128 cm³/mol. The van der Waals surface area contributed by atoms with Crippen molar-refractivity contribution in [1.82, 2.24) is 14.7 Å². The number of hydrogen-bond acceptors (Lipinski definition) is 4. The molecule has 7 nitrogen and oxygen atoms in total. The lowest BCUT2D eigenvalue weighted by Gasteiger charge is -2.13. The maximum absolute atomic E-state index is 5.74. The van der Waals surface area contributed by atoms with Crippen LogP contribution < -0.4 is 15.4 Å². The number of pyridine rings is 1. The Kier molecular flexibility index (Phi) is 9.72. The molecule has 0 saturated carbocycles. The molecule has 3 rings (SSSR count). The average Bonchev–Trinajstić information content (AvgIpc) is 3.13. The Morgan fingerprint density at radius 2 is 2.07 bits per heavy atom. The molecule has 0 spiro atoms. The number of benzene rings is 1. The molecule has 3 aromatic rings. The average molecular weight is 509 g/mol. The van der Waals surface area contributed by atoms with E-state index >= 15 is 0 Å². The molecule has 8 heteroatoms. The molecule has 0 aliphatic carbocycles. The number of imidazole rings is 1. The topological polar surface area (TPSA) is 72.2 Å². The van der Waals surface area contributed by atoms with Gasteiger partial charge < -0.3 is 24.5 Å². The highest BCUT2D eigenvalue weighted by Crippen LogP contribution is 2.17. The fourth-order valence-corrected chi connectivity index (χ4v) is 2.79. The molecule has 0 amide bonds. The third-order valence-electron chi connectivity index (χ3n) is 4.17. The van der Waals surface area contributed by atoms with E-state index in [9.17, 15) is 0 Å². The van der Waals surface area contributed by atoms with Gasteiger partial charge in [-0.25, -0.2) is 4.98 Å². The van der Waals surface area contributed by atoms with Gasteiger partial charge in [-0.1, -0.05) is 12.1 Å². The number of fused-ring (bicyclic) bond motifs is 1. The monoisotopic (exact) mass is 509 g/mol. The highest BCUT2D eigenvalue weighted by Gasteiger charge is 2.04. The van der Waals surface area contributed by atoms with E-state index in [4.69, 9.17) is 9.47 Å². The Bertz CT molecular complexity index is 880. The number of halogens is 1. The minimum Gasteiger partial charge on any atom is -0.493 e. The van der Waals surface area contributed by atoms with Crippen LogP contribution in [-0.4, -0.2) is 49.3 Å². The van der Waals surface area contributed by atoms with Gasteiger partial charge in [0.1, 0.15) is 11.4 Å². The number of nitrogens with one attached hydrogen (secondary N) is 2. The summed E-state index contributed by atoms with van der Waals surface area (Å²) in [4.78, 5) is 8.89. The number of ether oxygens (including phenoxy) is 2. The van der Waals surface area contributed by atoms with Gasteiger partial charge in [0.25, 0.3) is 0 Å². The quantitative estimate of drug-likeness (QED) is 0.200. The molecule has 0 fully saturated rings. The van der Waals surface area contributed by atoms with Crippen molar-refractivity contribution in [3.8, 4) is 5.75 Å². The number of aliphatic imine (C=N–C) groups is 1. The van der Waals surface area contributed by atoms with Gasteiger partial charge in [-0.15, -0.1) is 24.0 Å². The van der Waals surface area contributed by atoms with Crippen molar-refractivity contribution in [3.63, 3.8) is 0 Å². The Hall–Kier alpha value is -2.33. The van der Waals surface area contributed by atoms with Crippen LogP contribution in [0.4, 0.5) is 5.69 Å². The lowest BCUT2D eigenvalue weighted by molar-refractivity contribution is 0.172. The lowest BCUT2D eigenvalue weighted by atomic mass is 10.3. The zero-order valence-corrected chi connectivity index (χ0v) is 19.1. The van der Waals surface area contributed by atoms with E-state index in [2.05, 4.69) is 26.8 Å². The smallest absolute Gasteiger partial charge is 0.195 e. The van der Waals surface area contributed by atoms with Crippen LogP contribution in [0.5, 0.6) is 5.75 Å². The number of anilines is 1. The predicted octanol–water partition coefficient (Wildman–Crippen LogP) is 3.60. The summed E-state index contributed by atoms with van der Waals surface area (Å²) in [5.41, 5.74) is 2.92. The molecular weight excluding hydrogens is 481 g/mol. The van der Waals surface area contributed by atoms with Crippen molar-refractivity contribution in [2.75, 3.05) is 39.2 Å². The Morgan fingerprint density at radius 1 is 1.17 bits per heavy atom. The number of guanidine groups is 1. The van der Waals surface area contributed by atoms with Crippen LogP contribution in [-0.2, 0) is 11.2 Å². The molecule has 0 radical (unpaired) electrons. The molecule has 0 atom stereocenters. The van der Waals surface area contributed by atoms with Crippen molar-refractivity contribution in [3.05, 3.63) is 60.6 Å². The van der Waals surface area contributed by atoms with Gasteiger partial charge in [-0.3, -0.25) is 4.99 Å². The van der Waals surface area contributed by atoms with E-state index in [0.717, 1.165) is 42.2 Å². The number of nitrogens with zero attached hydrogens (tertiary/aromatic N) is 3. The fourth-order valence-electron chi connectivity index (χ4n) is 2.79. The second-order valence-electron chi connectivity index (χ2n) is 6.29. The third-order valence-corrected chi connectivity index (χ3v) is 4.17. The standard InChI is InChI=1S/C21H27N5O2.HI/c1-22-21(23-11-10-18-16-26-12-4-3-9-20(26)24-18)25-17-7-5-8-19(15-17)28-14-6-13-27-2;/h3-5,7-9,12,15-16H,6,10-11,13-14H2,1-2H3,(H2,22,23,25);1H. The third kappa shape index (κ3) is 7.21. The van der Waals surface area contributed by atoms with Gasteiger partial charge >= 0.3 is 0 Å². The summed E-state index contributed by atoms with van der Waals surface area (Å²) in [5.74, 6) is 1.53. The number of aromatic nitrogens is 2. The Balaban J connectivity index is 0.00000300. The highest BCUT2D eigenvalue weighted by molar-refractivity contribution is 14.0. The Labute approximate surface area is 188 Å². The second-order valence-corrected chi connectivity index (χ2v) is 6.29. The summed E-state index contributed by atoms with van der Waals surface area (Å²) in [7, 11) is 3.45. The minimum atomic E-state index is 0. The Morgan fingerprint density at radius 3 is 2.86 bits per heavy atom. The normalized spacial score (nSPS) is 11.2. The van der Waals surface area contributed by atoms with Crippen molar-refractivity contribution >= 4 is 41.3 Å². The summed E-state index contributed by atoms with van der Waals surface area (Å²) < 4.78 is 12.8. The van der Waals surface area contributed by atoms with Crippen LogP contribution >= 0.6 is 24.0 Å². The van der Waals surface area contributed by atoms with Crippen LogP contribution in [0.1, 0.15) is 12.1 Å². The molecule has 2 heterocycles. The van der Waals surface area contributed by atoms with Crippen LogP contribution in [0, 0.1) is 0 Å². The summed E-state index contributed by atoms with van der Waals surface area (Å²) in [6.45, 7) is 2.06. The van der Waals surface area contributed by atoms with E-state index < -0.39 is 0 Å². The zero-order valence-electron chi connectivity index (χ0n) is 16.8. The molecule has 2 aromatic heterocycles. The SMILES string of the molecule is CN=C(NCCc1cn2ccccc2n1)Nc1cccc(OCCCOC)c1.I. The summed E-state index contributed by atoms with van der Waals surface area (Å²) in [6, 6.07) is 13.8. The summed E-state index contributed by atoms with van der Waals surface area (Å²) in [6.07, 6.45) is 5.73. The van der Waals surface area contributed by atoms with Gasteiger partial charge in [0, 0.05) is 64.3 Å². The van der Waals surface area contributed by atoms with Crippen molar-refractivity contribution in [2.45, 2.75) is 12.8 Å². The van der Waals surface area contributed by atoms with E-state index in [1.807, 2.05) is 53.1 Å². The first-order valence-corrected chi connectivity index (χ1v) is 9.40. The van der Waals surface area contributed by atoms with Crippen LogP contribution in [0.15, 0.2) is 59.9 Å². The zero-order chi connectivity index (χ0) is 19.6. The van der Waals surface area contributed by atoms with Gasteiger partial charge in [-0.05, 0) is 24.3 Å². The summed E-state index contributed by atoms with van der Waals surface area (Å²) >= 11 is 0. The molecule has 1 aromatic carbocycles. The van der Waals surface area contributed by atoms with Crippen LogP contribution in [0.3, 0.4) is 0 Å². The molecular formula is C21H28IN5O2. The second kappa shape index (κ2) is 12.3. The minimum absolute atomic E-state index is 0. The van der Waals surface area contributed by atoms with E-state index in [1.54, 1.807) is 14.2 Å². The van der Waals surface area contributed by atoms with E-state index in [1.165, 1.54) is 0 Å². The molecule has 0 aliphatic heterocycles. The molecule has 0 bridgehead atoms. The molecule has 2 N–H and O–H groups in total. The van der Waals surface area contributed by atoms with Gasteiger partial charge in [0.15, 0.2) is 5.96 Å². The van der Waals surface area contributed by atoms with E-state index in [-0.39, 0.29) is 24.0 Å². The molecule has 0 saturated heterocycles. The number of hydrogen-bond donors (Lipinski definition) is 2. The first-order chi connectivity index (χ1) is 13.8. The van der Waals surface area contributed by atoms with Crippen molar-refractivity contribution < 1.29 is 9.47 Å². The van der Waals surface area contributed by atoms with Gasteiger partial charge in [-0.2, -0.15) is 0 Å². The first-order valence-electron chi connectivity index (χ1n) is 9.40. The van der Waals surface area contributed by atoms with Crippen molar-refractivity contribution in [2.24, 2.45) is 4.99 Å². The van der Waals surface area contributed by atoms with Crippen LogP contribution in [0.25, 0.3) is 5.65 Å². The van der Waals surface area contributed by atoms with Gasteiger partial charge in [0.2, 0.25) is 0 Å². The maximum atomic E-state index is 5.74. The number of rotatable bonds is 9. The largest absolute Gasteiger partial charge is 0.493 e. The first kappa shape index (κ1) is 23.0. The van der Waals surface area contributed by atoms with Crippen LogP contribution in [0.2, 0.25) is 0 Å². The molecule has 156 valence electrons.